The van der Waals surface area contributed by atoms with Crippen LogP contribution in [0, 0.1) is 47.3 Å². The third-order valence-electron chi connectivity index (χ3n) is 8.12. The van der Waals surface area contributed by atoms with Crippen LogP contribution in [0.5, 0.6) is 0 Å². The number of terminal acetylenes is 1. The van der Waals surface area contributed by atoms with Gasteiger partial charge in [-0.1, -0.05) is 38.0 Å². The van der Waals surface area contributed by atoms with E-state index in [1.54, 1.807) is 5.57 Å². The largest absolute Gasteiger partial charge is 0.373 e. The highest BCUT2D eigenvalue weighted by atomic mass is 16.3. The van der Waals surface area contributed by atoms with Gasteiger partial charge in [0, 0.05) is 5.41 Å². The molecule has 7 atom stereocenters. The van der Waals surface area contributed by atoms with Crippen LogP contribution >= 0.6 is 0 Å². The van der Waals surface area contributed by atoms with Gasteiger partial charge in [-0.25, -0.2) is 0 Å². The average molecular weight is 310 g/mol. The number of fused-ring (bicyclic) bond motifs is 5. The number of rotatable bonds is 0. The summed E-state index contributed by atoms with van der Waals surface area (Å²) < 4.78 is 0. The van der Waals surface area contributed by atoms with Crippen LogP contribution in [-0.2, 0) is 0 Å². The minimum atomic E-state index is -1.09. The fourth-order valence-corrected chi connectivity index (χ4v) is 6.94. The zero-order chi connectivity index (χ0) is 16.4. The highest BCUT2D eigenvalue weighted by molar-refractivity contribution is 5.39. The van der Waals surface area contributed by atoms with E-state index < -0.39 is 5.60 Å². The van der Waals surface area contributed by atoms with Gasteiger partial charge in [0.25, 0.3) is 0 Å². The molecule has 0 aromatic heterocycles. The first kappa shape index (κ1) is 15.5. The van der Waals surface area contributed by atoms with Crippen LogP contribution in [0.1, 0.15) is 58.8 Å². The second kappa shape index (κ2) is 5.00. The minimum Gasteiger partial charge on any atom is -0.373 e. The molecule has 0 heterocycles. The van der Waals surface area contributed by atoms with Crippen molar-refractivity contribution < 1.29 is 5.11 Å². The summed E-state index contributed by atoms with van der Waals surface area (Å²) in [6.45, 7) is 8.86. The van der Waals surface area contributed by atoms with Crippen LogP contribution < -0.4 is 0 Å². The van der Waals surface area contributed by atoms with E-state index in [2.05, 4.69) is 32.4 Å². The Kier molecular flexibility index (Phi) is 3.37. The van der Waals surface area contributed by atoms with E-state index in [1.807, 2.05) is 0 Å². The molecule has 0 aromatic rings. The molecule has 0 radical (unpaired) electrons. The zero-order valence-corrected chi connectivity index (χ0v) is 14.6. The van der Waals surface area contributed by atoms with Gasteiger partial charge >= 0.3 is 0 Å². The first-order valence-electron chi connectivity index (χ1n) is 9.49. The first-order chi connectivity index (χ1) is 10.9. The molecule has 0 aromatic carbocycles. The van der Waals surface area contributed by atoms with E-state index in [1.165, 1.54) is 32.1 Å². The second-order valence-electron chi connectivity index (χ2n) is 8.96. The number of allylic oxidation sites excluding steroid dienone is 2. The summed E-state index contributed by atoms with van der Waals surface area (Å²) in [4.78, 5) is 0. The Bertz CT molecular complexity index is 608. The van der Waals surface area contributed by atoms with Gasteiger partial charge in [-0.05, 0) is 80.1 Å². The summed E-state index contributed by atoms with van der Waals surface area (Å²) in [5.41, 5.74) is 1.37. The maximum Gasteiger partial charge on any atom is 0.152 e. The SMILES string of the molecule is C#C[C@]1(O)C(=C)C[C@H]2[C@H]3[C@H](CC[C@@]21C)[C@H]1CCCC=C1C[C@H]3C. The predicted octanol–water partition coefficient (Wildman–Crippen LogP) is 4.73. The molecule has 0 bridgehead atoms. The van der Waals surface area contributed by atoms with Gasteiger partial charge in [0.05, 0.1) is 0 Å². The molecule has 124 valence electrons. The van der Waals surface area contributed by atoms with Gasteiger partial charge in [0.1, 0.15) is 0 Å². The van der Waals surface area contributed by atoms with Crippen molar-refractivity contribution in [3.05, 3.63) is 23.8 Å². The minimum absolute atomic E-state index is 0.176. The molecule has 1 N–H and O–H groups in total. The van der Waals surface area contributed by atoms with Crippen molar-refractivity contribution in [1.82, 2.24) is 0 Å². The van der Waals surface area contributed by atoms with Crippen LogP contribution in [0.15, 0.2) is 23.8 Å². The van der Waals surface area contributed by atoms with Crippen molar-refractivity contribution in [3.63, 3.8) is 0 Å². The summed E-state index contributed by atoms with van der Waals surface area (Å²) in [6.07, 6.45) is 16.8. The standard InChI is InChI=1S/C22H30O/c1-5-22(23)15(3)13-19-20-14(2)12-16-8-6-7-9-17(16)18(20)10-11-21(19,22)4/h1,8,14,17-20,23H,3,6-7,9-13H2,2,4H3/t14-,17+,18-,19+,20-,21+,22+/m1/s1. The molecular weight excluding hydrogens is 280 g/mol. The fraction of sp³-hybridized carbons (Fsp3) is 0.727. The molecule has 1 heteroatoms. The Morgan fingerprint density at radius 1 is 1.35 bits per heavy atom. The van der Waals surface area contributed by atoms with Gasteiger partial charge < -0.3 is 5.11 Å². The average Bonchev–Trinajstić information content (AvgIpc) is 2.75. The molecule has 3 saturated carbocycles. The number of aliphatic hydroxyl groups is 1. The predicted molar refractivity (Wildman–Crippen MR) is 94.6 cm³/mol. The van der Waals surface area contributed by atoms with Gasteiger partial charge in [-0.3, -0.25) is 0 Å². The van der Waals surface area contributed by atoms with Crippen molar-refractivity contribution in [1.29, 1.82) is 0 Å². The Labute approximate surface area is 141 Å². The lowest BCUT2D eigenvalue weighted by atomic mass is 9.48. The van der Waals surface area contributed by atoms with Gasteiger partial charge in [0.2, 0.25) is 0 Å². The Morgan fingerprint density at radius 3 is 2.87 bits per heavy atom. The summed E-state index contributed by atoms with van der Waals surface area (Å²) in [6, 6.07) is 0. The topological polar surface area (TPSA) is 20.2 Å². The molecule has 4 aliphatic carbocycles. The molecule has 4 rings (SSSR count). The normalized spacial score (nSPS) is 52.0. The molecule has 0 amide bonds. The number of hydrogen-bond donors (Lipinski definition) is 1. The van der Waals surface area contributed by atoms with Gasteiger partial charge in [0.15, 0.2) is 5.60 Å². The van der Waals surface area contributed by atoms with Crippen molar-refractivity contribution in [2.24, 2.45) is 35.0 Å². The van der Waals surface area contributed by atoms with Crippen LogP contribution in [0.3, 0.4) is 0 Å². The lowest BCUT2D eigenvalue weighted by Gasteiger charge is -2.56. The lowest BCUT2D eigenvalue weighted by molar-refractivity contribution is -0.0919. The van der Waals surface area contributed by atoms with Crippen LogP contribution in [-0.4, -0.2) is 10.7 Å². The fourth-order valence-electron chi connectivity index (χ4n) is 6.94. The van der Waals surface area contributed by atoms with Crippen molar-refractivity contribution in [2.75, 3.05) is 0 Å². The lowest BCUT2D eigenvalue weighted by Crippen LogP contribution is -2.54. The summed E-state index contributed by atoms with van der Waals surface area (Å²) in [5.74, 6) is 6.27. The van der Waals surface area contributed by atoms with E-state index in [-0.39, 0.29) is 5.41 Å². The summed E-state index contributed by atoms with van der Waals surface area (Å²) in [5, 5.41) is 11.2. The Hall–Kier alpha value is -1.00. The molecule has 0 aliphatic heterocycles. The highest BCUT2D eigenvalue weighted by Gasteiger charge is 2.64. The molecule has 0 spiro atoms. The third-order valence-corrected chi connectivity index (χ3v) is 8.12. The quantitative estimate of drug-likeness (QED) is 0.507. The molecular formula is C22H30O. The smallest absolute Gasteiger partial charge is 0.152 e. The van der Waals surface area contributed by atoms with E-state index >= 15 is 0 Å². The van der Waals surface area contributed by atoms with Crippen molar-refractivity contribution in [2.45, 2.75) is 64.4 Å². The van der Waals surface area contributed by atoms with E-state index in [4.69, 9.17) is 6.42 Å². The van der Waals surface area contributed by atoms with E-state index in [9.17, 15) is 5.11 Å². The maximum absolute atomic E-state index is 11.2. The van der Waals surface area contributed by atoms with Crippen molar-refractivity contribution in [3.8, 4) is 12.3 Å². The zero-order valence-electron chi connectivity index (χ0n) is 14.6. The molecule has 3 fully saturated rings. The maximum atomic E-state index is 11.2. The second-order valence-corrected chi connectivity index (χ2v) is 8.96. The molecule has 0 saturated heterocycles. The monoisotopic (exact) mass is 310 g/mol. The number of hydrogen-bond acceptors (Lipinski definition) is 1. The van der Waals surface area contributed by atoms with E-state index in [0.29, 0.717) is 17.8 Å². The molecule has 4 aliphatic rings. The Balaban J connectivity index is 1.74. The van der Waals surface area contributed by atoms with Crippen LogP contribution in [0.25, 0.3) is 0 Å². The molecule has 23 heavy (non-hydrogen) atoms. The Morgan fingerprint density at radius 2 is 2.13 bits per heavy atom. The van der Waals surface area contributed by atoms with Crippen LogP contribution in [0.4, 0.5) is 0 Å². The summed E-state index contributed by atoms with van der Waals surface area (Å²) in [7, 11) is 0. The van der Waals surface area contributed by atoms with Crippen molar-refractivity contribution >= 4 is 0 Å². The first-order valence-corrected chi connectivity index (χ1v) is 9.49. The third kappa shape index (κ3) is 1.85. The van der Waals surface area contributed by atoms with E-state index in [0.717, 1.165) is 30.3 Å². The molecule has 1 nitrogen and oxygen atoms in total. The van der Waals surface area contributed by atoms with Gasteiger partial charge in [-0.2, -0.15) is 0 Å². The molecule has 0 unspecified atom stereocenters. The van der Waals surface area contributed by atoms with Crippen LogP contribution in [0.2, 0.25) is 0 Å². The van der Waals surface area contributed by atoms with Gasteiger partial charge in [-0.15, -0.1) is 6.42 Å². The highest BCUT2D eigenvalue weighted by Crippen LogP contribution is 2.66. The summed E-state index contributed by atoms with van der Waals surface area (Å²) >= 11 is 0.